The zero-order valence-corrected chi connectivity index (χ0v) is 11.0. The molecule has 0 fully saturated rings. The minimum absolute atomic E-state index is 0.473. The van der Waals surface area contributed by atoms with Crippen LogP contribution in [0, 0.1) is 6.92 Å². The van der Waals surface area contributed by atoms with Gasteiger partial charge in [0, 0.05) is 6.04 Å². The van der Waals surface area contributed by atoms with Gasteiger partial charge < -0.3 is 5.32 Å². The lowest BCUT2D eigenvalue weighted by Crippen LogP contribution is -2.18. The van der Waals surface area contributed by atoms with Gasteiger partial charge in [-0.15, -0.1) is 0 Å². The molecule has 0 heterocycles. The Labute approximate surface area is 105 Å². The van der Waals surface area contributed by atoms with Crippen LogP contribution in [0.25, 0.3) is 0 Å². The van der Waals surface area contributed by atoms with Gasteiger partial charge in [-0.1, -0.05) is 35.9 Å². The van der Waals surface area contributed by atoms with Crippen molar-refractivity contribution in [3.63, 3.8) is 0 Å². The second-order valence-corrected chi connectivity index (χ2v) is 5.01. The summed E-state index contributed by atoms with van der Waals surface area (Å²) in [6.07, 6.45) is 8.94. The van der Waals surface area contributed by atoms with Crippen molar-refractivity contribution in [2.45, 2.75) is 45.1 Å². The Morgan fingerprint density at radius 3 is 2.71 bits per heavy atom. The van der Waals surface area contributed by atoms with Gasteiger partial charge in [0.1, 0.15) is 0 Å². The molecule has 0 bridgehead atoms. The van der Waals surface area contributed by atoms with E-state index < -0.39 is 0 Å². The van der Waals surface area contributed by atoms with E-state index in [-0.39, 0.29) is 0 Å². The summed E-state index contributed by atoms with van der Waals surface area (Å²) in [4.78, 5) is 0. The highest BCUT2D eigenvalue weighted by atomic mass is 14.9. The normalized spacial score (nSPS) is 17.6. The number of allylic oxidation sites excluding steroid dienone is 1. The highest BCUT2D eigenvalue weighted by molar-refractivity contribution is 5.30. The largest absolute Gasteiger partial charge is 0.313 e. The predicted octanol–water partition coefficient (Wildman–Crippen LogP) is 4.15. The maximum atomic E-state index is 3.47. The van der Waals surface area contributed by atoms with Gasteiger partial charge >= 0.3 is 0 Å². The van der Waals surface area contributed by atoms with Gasteiger partial charge in [-0.05, 0) is 57.2 Å². The molecule has 1 aromatic rings. The minimum atomic E-state index is 0.473. The van der Waals surface area contributed by atoms with Crippen molar-refractivity contribution < 1.29 is 0 Å². The number of benzene rings is 1. The van der Waals surface area contributed by atoms with E-state index in [0.717, 1.165) is 0 Å². The Bertz CT molecular complexity index is 392. The molecule has 1 unspecified atom stereocenters. The van der Waals surface area contributed by atoms with Crippen LogP contribution in [0.2, 0.25) is 0 Å². The summed E-state index contributed by atoms with van der Waals surface area (Å²) >= 11 is 0. The van der Waals surface area contributed by atoms with Crippen LogP contribution in [0.3, 0.4) is 0 Å². The third-order valence-electron chi connectivity index (χ3n) is 3.76. The van der Waals surface area contributed by atoms with Crippen molar-refractivity contribution >= 4 is 0 Å². The Kier molecular flexibility index (Phi) is 4.38. The molecule has 92 valence electrons. The molecule has 0 radical (unpaired) electrons. The Morgan fingerprint density at radius 2 is 2.06 bits per heavy atom. The second kappa shape index (κ2) is 6.02. The first-order valence-electron chi connectivity index (χ1n) is 6.72. The molecular weight excluding hydrogens is 206 g/mol. The van der Waals surface area contributed by atoms with E-state index in [9.17, 15) is 0 Å². The van der Waals surface area contributed by atoms with Crippen LogP contribution in [-0.2, 0) is 0 Å². The van der Waals surface area contributed by atoms with Crippen molar-refractivity contribution in [1.29, 1.82) is 0 Å². The first-order chi connectivity index (χ1) is 8.31. The van der Waals surface area contributed by atoms with Crippen molar-refractivity contribution in [1.82, 2.24) is 5.32 Å². The van der Waals surface area contributed by atoms with Crippen LogP contribution in [0.1, 0.15) is 49.3 Å². The van der Waals surface area contributed by atoms with Gasteiger partial charge in [0.15, 0.2) is 0 Å². The van der Waals surface area contributed by atoms with E-state index in [1.54, 1.807) is 5.57 Å². The number of nitrogens with one attached hydrogen (secondary N) is 1. The third kappa shape index (κ3) is 3.19. The standard InChI is InChI=1S/C16H23N/c1-13-8-6-7-11-15(13)16(17-2)12-14-9-4-3-5-10-14/h6-9,11,16-17H,3-5,10,12H2,1-2H3. The Morgan fingerprint density at radius 1 is 1.24 bits per heavy atom. The van der Waals surface area contributed by atoms with E-state index in [1.807, 2.05) is 0 Å². The quantitative estimate of drug-likeness (QED) is 0.765. The van der Waals surface area contributed by atoms with Gasteiger partial charge in [0.2, 0.25) is 0 Å². The lowest BCUT2D eigenvalue weighted by Gasteiger charge is -2.22. The molecule has 0 amide bonds. The maximum Gasteiger partial charge on any atom is 0.0357 e. The number of rotatable bonds is 4. The van der Waals surface area contributed by atoms with E-state index in [2.05, 4.69) is 49.6 Å². The maximum absolute atomic E-state index is 3.47. The molecule has 1 aliphatic carbocycles. The Hall–Kier alpha value is -1.08. The lowest BCUT2D eigenvalue weighted by atomic mass is 9.90. The molecule has 0 saturated carbocycles. The van der Waals surface area contributed by atoms with E-state index >= 15 is 0 Å². The summed E-state index contributed by atoms with van der Waals surface area (Å²) in [6.45, 7) is 2.20. The van der Waals surface area contributed by atoms with E-state index in [1.165, 1.54) is 43.2 Å². The minimum Gasteiger partial charge on any atom is -0.313 e. The monoisotopic (exact) mass is 229 g/mol. The van der Waals surface area contributed by atoms with Crippen LogP contribution in [0.15, 0.2) is 35.9 Å². The second-order valence-electron chi connectivity index (χ2n) is 5.01. The first kappa shape index (κ1) is 12.4. The van der Waals surface area contributed by atoms with Crippen LogP contribution in [0.5, 0.6) is 0 Å². The molecule has 1 aromatic carbocycles. The molecule has 0 aromatic heterocycles. The number of hydrogen-bond donors (Lipinski definition) is 1. The Balaban J connectivity index is 2.11. The average molecular weight is 229 g/mol. The molecule has 1 atom stereocenters. The van der Waals surface area contributed by atoms with Crippen LogP contribution < -0.4 is 5.32 Å². The van der Waals surface area contributed by atoms with Gasteiger partial charge in [-0.3, -0.25) is 0 Å². The van der Waals surface area contributed by atoms with Gasteiger partial charge in [-0.25, -0.2) is 0 Å². The summed E-state index contributed by atoms with van der Waals surface area (Å²) in [5.74, 6) is 0. The molecule has 0 aliphatic heterocycles. The zero-order valence-electron chi connectivity index (χ0n) is 11.0. The molecule has 1 heteroatoms. The molecular formula is C16H23N. The zero-order chi connectivity index (χ0) is 12.1. The van der Waals surface area contributed by atoms with Crippen molar-refractivity contribution in [2.24, 2.45) is 0 Å². The van der Waals surface area contributed by atoms with E-state index in [0.29, 0.717) is 6.04 Å². The molecule has 1 nitrogen and oxygen atoms in total. The first-order valence-corrected chi connectivity index (χ1v) is 6.72. The van der Waals surface area contributed by atoms with Crippen molar-refractivity contribution in [2.75, 3.05) is 7.05 Å². The van der Waals surface area contributed by atoms with Gasteiger partial charge in [-0.2, -0.15) is 0 Å². The number of aryl methyl sites for hydroxylation is 1. The smallest absolute Gasteiger partial charge is 0.0357 e. The number of hydrogen-bond acceptors (Lipinski definition) is 1. The fourth-order valence-corrected chi connectivity index (χ4v) is 2.70. The van der Waals surface area contributed by atoms with Gasteiger partial charge in [0.05, 0.1) is 0 Å². The summed E-state index contributed by atoms with van der Waals surface area (Å²) in [5.41, 5.74) is 4.48. The topological polar surface area (TPSA) is 12.0 Å². The van der Waals surface area contributed by atoms with Crippen LogP contribution in [0.4, 0.5) is 0 Å². The molecule has 0 saturated heterocycles. The SMILES string of the molecule is CNC(CC1=CCCCC1)c1ccccc1C. The summed E-state index contributed by atoms with van der Waals surface area (Å²) < 4.78 is 0. The lowest BCUT2D eigenvalue weighted by molar-refractivity contribution is 0.556. The molecule has 2 rings (SSSR count). The summed E-state index contributed by atoms with van der Waals surface area (Å²) in [7, 11) is 2.07. The van der Waals surface area contributed by atoms with Crippen molar-refractivity contribution in [3.05, 3.63) is 47.0 Å². The molecule has 0 spiro atoms. The molecule has 1 aliphatic rings. The highest BCUT2D eigenvalue weighted by Gasteiger charge is 2.14. The third-order valence-corrected chi connectivity index (χ3v) is 3.76. The van der Waals surface area contributed by atoms with Crippen molar-refractivity contribution in [3.8, 4) is 0 Å². The average Bonchev–Trinajstić information content (AvgIpc) is 2.38. The summed E-state index contributed by atoms with van der Waals surface area (Å²) in [5, 5.41) is 3.47. The fourth-order valence-electron chi connectivity index (χ4n) is 2.70. The fraction of sp³-hybridized carbons (Fsp3) is 0.500. The molecule has 17 heavy (non-hydrogen) atoms. The summed E-state index contributed by atoms with van der Waals surface area (Å²) in [6, 6.07) is 9.18. The van der Waals surface area contributed by atoms with E-state index in [4.69, 9.17) is 0 Å². The predicted molar refractivity (Wildman–Crippen MR) is 74.1 cm³/mol. The van der Waals surface area contributed by atoms with Gasteiger partial charge in [0.25, 0.3) is 0 Å². The highest BCUT2D eigenvalue weighted by Crippen LogP contribution is 2.28. The van der Waals surface area contributed by atoms with Crippen LogP contribution in [-0.4, -0.2) is 7.05 Å². The molecule has 1 N–H and O–H groups in total. The van der Waals surface area contributed by atoms with Crippen LogP contribution >= 0.6 is 0 Å².